The molecule has 0 atom stereocenters. The first-order chi connectivity index (χ1) is 6.99. The molecule has 0 amide bonds. The highest BCUT2D eigenvalue weighted by Gasteiger charge is 2.10. The van der Waals surface area contributed by atoms with E-state index in [0.717, 1.165) is 6.54 Å². The lowest BCUT2D eigenvalue weighted by atomic mass is 10.1. The molecule has 0 unspecified atom stereocenters. The van der Waals surface area contributed by atoms with Crippen molar-refractivity contribution in [3.63, 3.8) is 0 Å². The van der Waals surface area contributed by atoms with Crippen LogP contribution in [0.2, 0.25) is 0 Å². The molecule has 0 radical (unpaired) electrons. The van der Waals surface area contributed by atoms with Gasteiger partial charge in [-0.3, -0.25) is 4.79 Å². The van der Waals surface area contributed by atoms with Crippen LogP contribution in [-0.4, -0.2) is 24.8 Å². The van der Waals surface area contributed by atoms with Crippen molar-refractivity contribution in [1.29, 1.82) is 0 Å². The monoisotopic (exact) mass is 225 g/mol. The van der Waals surface area contributed by atoms with Crippen molar-refractivity contribution in [1.82, 2.24) is 4.90 Å². The lowest BCUT2D eigenvalue weighted by Crippen LogP contribution is -2.09. The molecular weight excluding hydrogens is 206 g/mol. The molecule has 1 aromatic rings. The van der Waals surface area contributed by atoms with E-state index in [1.54, 1.807) is 11.3 Å². The highest BCUT2D eigenvalue weighted by molar-refractivity contribution is 7.12. The van der Waals surface area contributed by atoms with Gasteiger partial charge in [0.25, 0.3) is 0 Å². The Kier molecular flexibility index (Phi) is 4.48. The summed E-state index contributed by atoms with van der Waals surface area (Å²) in [7, 11) is 4.11. The molecule has 0 fully saturated rings. The van der Waals surface area contributed by atoms with Crippen molar-refractivity contribution < 1.29 is 4.79 Å². The van der Waals surface area contributed by atoms with Crippen molar-refractivity contribution >= 4 is 17.1 Å². The number of thiophene rings is 1. The minimum Gasteiger partial charge on any atom is -0.304 e. The van der Waals surface area contributed by atoms with E-state index in [1.807, 2.05) is 13.8 Å². The van der Waals surface area contributed by atoms with Gasteiger partial charge in [-0.15, -0.1) is 11.3 Å². The molecule has 0 saturated heterocycles. The molecule has 0 aromatic carbocycles. The summed E-state index contributed by atoms with van der Waals surface area (Å²) in [5, 5.41) is 0. The van der Waals surface area contributed by atoms with Gasteiger partial charge in [0, 0.05) is 28.6 Å². The van der Waals surface area contributed by atoms with Crippen LogP contribution in [0.3, 0.4) is 0 Å². The van der Waals surface area contributed by atoms with Gasteiger partial charge in [0.15, 0.2) is 0 Å². The van der Waals surface area contributed by atoms with Crippen LogP contribution in [0.15, 0.2) is 12.1 Å². The van der Waals surface area contributed by atoms with Crippen molar-refractivity contribution in [3.8, 4) is 0 Å². The summed E-state index contributed by atoms with van der Waals surface area (Å²) in [6.45, 7) is 4.87. The van der Waals surface area contributed by atoms with E-state index in [9.17, 15) is 4.79 Å². The van der Waals surface area contributed by atoms with Crippen LogP contribution in [0.25, 0.3) is 0 Å². The van der Waals surface area contributed by atoms with Gasteiger partial charge >= 0.3 is 0 Å². The fraction of sp³-hybridized carbons (Fsp3) is 0.583. The Morgan fingerprint density at radius 1 is 1.33 bits per heavy atom. The number of Topliss-reactive ketones (excluding diaryl/α,β-unsaturated/α-hetero) is 1. The Morgan fingerprint density at radius 3 is 2.47 bits per heavy atom. The van der Waals surface area contributed by atoms with Gasteiger partial charge in [-0.05, 0) is 26.2 Å². The van der Waals surface area contributed by atoms with E-state index in [-0.39, 0.29) is 5.92 Å². The smallest absolute Gasteiger partial charge is 0.140 e. The molecule has 15 heavy (non-hydrogen) atoms. The fourth-order valence-electron chi connectivity index (χ4n) is 1.29. The number of carbonyl (C=O) groups excluding carboxylic acids is 1. The normalized spacial score (nSPS) is 11.3. The predicted octanol–water partition coefficient (Wildman–Crippen LogP) is 2.58. The SMILES string of the molecule is CC(C)C(=O)Cc1ccc(CN(C)C)s1. The largest absolute Gasteiger partial charge is 0.304 e. The summed E-state index contributed by atoms with van der Waals surface area (Å²) >= 11 is 1.74. The maximum Gasteiger partial charge on any atom is 0.140 e. The van der Waals surface area contributed by atoms with E-state index in [4.69, 9.17) is 0 Å². The van der Waals surface area contributed by atoms with E-state index in [1.165, 1.54) is 9.75 Å². The van der Waals surface area contributed by atoms with Gasteiger partial charge in [0.2, 0.25) is 0 Å². The number of ketones is 1. The molecule has 84 valence electrons. The molecule has 1 heterocycles. The lowest BCUT2D eigenvalue weighted by molar-refractivity contribution is -0.121. The Bertz CT molecular complexity index is 328. The highest BCUT2D eigenvalue weighted by atomic mass is 32.1. The first-order valence-electron chi connectivity index (χ1n) is 5.24. The Morgan fingerprint density at radius 2 is 1.93 bits per heavy atom. The van der Waals surface area contributed by atoms with Crippen LogP contribution in [0, 0.1) is 5.92 Å². The zero-order chi connectivity index (χ0) is 11.4. The summed E-state index contributed by atoms with van der Waals surface area (Å²) in [6.07, 6.45) is 0.593. The number of hydrogen-bond donors (Lipinski definition) is 0. The second-order valence-electron chi connectivity index (χ2n) is 4.40. The second-order valence-corrected chi connectivity index (χ2v) is 5.66. The number of rotatable bonds is 5. The first kappa shape index (κ1) is 12.4. The molecule has 0 aliphatic heterocycles. The van der Waals surface area contributed by atoms with E-state index < -0.39 is 0 Å². The highest BCUT2D eigenvalue weighted by Crippen LogP contribution is 2.19. The Labute approximate surface area is 95.9 Å². The first-order valence-corrected chi connectivity index (χ1v) is 6.05. The van der Waals surface area contributed by atoms with Crippen molar-refractivity contribution in [2.45, 2.75) is 26.8 Å². The third kappa shape index (κ3) is 4.14. The van der Waals surface area contributed by atoms with Gasteiger partial charge in [-0.1, -0.05) is 13.8 Å². The van der Waals surface area contributed by atoms with Crippen LogP contribution in [0.4, 0.5) is 0 Å². The van der Waals surface area contributed by atoms with Gasteiger partial charge in [0.05, 0.1) is 0 Å². The second kappa shape index (κ2) is 5.42. The third-order valence-corrected chi connectivity index (χ3v) is 3.25. The lowest BCUT2D eigenvalue weighted by Gasteiger charge is -2.06. The van der Waals surface area contributed by atoms with Gasteiger partial charge in [-0.25, -0.2) is 0 Å². The van der Waals surface area contributed by atoms with Crippen LogP contribution < -0.4 is 0 Å². The zero-order valence-corrected chi connectivity index (χ0v) is 10.7. The number of nitrogens with zero attached hydrogens (tertiary/aromatic N) is 1. The number of hydrogen-bond acceptors (Lipinski definition) is 3. The number of carbonyl (C=O) groups is 1. The topological polar surface area (TPSA) is 20.3 Å². The van der Waals surface area contributed by atoms with Crippen LogP contribution in [-0.2, 0) is 17.8 Å². The van der Waals surface area contributed by atoms with Gasteiger partial charge in [-0.2, -0.15) is 0 Å². The third-order valence-electron chi connectivity index (χ3n) is 2.18. The molecule has 0 spiro atoms. The summed E-state index contributed by atoms with van der Waals surface area (Å²) in [5.74, 6) is 0.470. The fourth-order valence-corrected chi connectivity index (χ4v) is 2.44. The summed E-state index contributed by atoms with van der Waals surface area (Å²) in [6, 6.07) is 4.19. The average Bonchev–Trinajstić information content (AvgIpc) is 2.51. The quantitative estimate of drug-likeness (QED) is 0.767. The molecule has 1 rings (SSSR count). The van der Waals surface area contributed by atoms with Crippen molar-refractivity contribution in [2.75, 3.05) is 14.1 Å². The summed E-state index contributed by atoms with van der Waals surface area (Å²) in [5.41, 5.74) is 0. The molecule has 0 aliphatic carbocycles. The van der Waals surface area contributed by atoms with Crippen molar-refractivity contribution in [3.05, 3.63) is 21.9 Å². The standard InChI is InChI=1S/C12H19NOS/c1-9(2)12(14)7-10-5-6-11(15-10)8-13(3)4/h5-6,9H,7-8H2,1-4H3. The Balaban J connectivity index is 2.56. The molecule has 0 N–H and O–H groups in total. The molecule has 2 nitrogen and oxygen atoms in total. The maximum atomic E-state index is 11.5. The Hall–Kier alpha value is -0.670. The molecule has 0 bridgehead atoms. The van der Waals surface area contributed by atoms with Gasteiger partial charge < -0.3 is 4.90 Å². The van der Waals surface area contributed by atoms with Crippen LogP contribution >= 0.6 is 11.3 Å². The van der Waals surface area contributed by atoms with Gasteiger partial charge in [0.1, 0.15) is 5.78 Å². The summed E-state index contributed by atoms with van der Waals surface area (Å²) in [4.78, 5) is 16.2. The molecule has 0 aliphatic rings. The predicted molar refractivity (Wildman–Crippen MR) is 65.3 cm³/mol. The molecule has 1 aromatic heterocycles. The van der Waals surface area contributed by atoms with Crippen molar-refractivity contribution in [2.24, 2.45) is 5.92 Å². The average molecular weight is 225 g/mol. The van der Waals surface area contributed by atoms with Crippen LogP contribution in [0.5, 0.6) is 0 Å². The summed E-state index contributed by atoms with van der Waals surface area (Å²) < 4.78 is 0. The minimum absolute atomic E-state index is 0.143. The molecule has 0 saturated carbocycles. The van der Waals surface area contributed by atoms with E-state index >= 15 is 0 Å². The van der Waals surface area contributed by atoms with E-state index in [0.29, 0.717) is 12.2 Å². The van der Waals surface area contributed by atoms with E-state index in [2.05, 4.69) is 31.1 Å². The van der Waals surface area contributed by atoms with Crippen LogP contribution in [0.1, 0.15) is 23.6 Å². The molecule has 3 heteroatoms. The minimum atomic E-state index is 0.143. The molecular formula is C12H19NOS. The zero-order valence-electron chi connectivity index (χ0n) is 9.91. The maximum absolute atomic E-state index is 11.5.